The van der Waals surface area contributed by atoms with Crippen LogP contribution in [-0.2, 0) is 4.79 Å². The molecule has 2 aromatic carbocycles. The SMILES string of the molecule is NC(=O)n1cc(NC(=O)N2CCC[C@H]2C(=O)N[C@H](CO)c2ccccc2)c2ccccc21. The number of nitrogens with zero attached hydrogens (tertiary/aromatic N) is 2. The van der Waals surface area contributed by atoms with Gasteiger partial charge in [-0.25, -0.2) is 9.59 Å². The van der Waals surface area contributed by atoms with Gasteiger partial charge in [0.15, 0.2) is 0 Å². The summed E-state index contributed by atoms with van der Waals surface area (Å²) in [6, 6.07) is 14.0. The number of hydrogen-bond donors (Lipinski definition) is 4. The summed E-state index contributed by atoms with van der Waals surface area (Å²) in [7, 11) is 0. The molecule has 9 heteroatoms. The summed E-state index contributed by atoms with van der Waals surface area (Å²) in [6.07, 6.45) is 2.69. The van der Waals surface area contributed by atoms with Crippen LogP contribution < -0.4 is 16.4 Å². The van der Waals surface area contributed by atoms with Gasteiger partial charge in [-0.15, -0.1) is 0 Å². The van der Waals surface area contributed by atoms with Gasteiger partial charge in [-0.2, -0.15) is 0 Å². The maximum atomic E-state index is 13.0. The standard InChI is InChI=1S/C23H25N5O4/c24-22(31)28-13-17(16-9-4-5-10-19(16)28)26-23(32)27-12-6-11-20(27)21(30)25-18(14-29)15-7-2-1-3-8-15/h1-5,7-10,13,18,20,29H,6,11-12,14H2,(H2,24,31)(H,25,30)(H,26,32)/t18-,20+/m1/s1. The van der Waals surface area contributed by atoms with Crippen molar-refractivity contribution < 1.29 is 19.5 Å². The third-order valence-corrected chi connectivity index (χ3v) is 5.71. The Hall–Kier alpha value is -3.85. The van der Waals surface area contributed by atoms with Crippen LogP contribution in [0.15, 0.2) is 60.8 Å². The number of aromatic nitrogens is 1. The fourth-order valence-corrected chi connectivity index (χ4v) is 4.12. The molecular weight excluding hydrogens is 410 g/mol. The topological polar surface area (TPSA) is 130 Å². The molecule has 5 N–H and O–H groups in total. The Morgan fingerprint density at radius 2 is 1.81 bits per heavy atom. The number of urea groups is 1. The van der Waals surface area contributed by atoms with E-state index in [2.05, 4.69) is 10.6 Å². The van der Waals surface area contributed by atoms with E-state index in [1.54, 1.807) is 24.3 Å². The van der Waals surface area contributed by atoms with Crippen molar-refractivity contribution in [2.24, 2.45) is 5.73 Å². The summed E-state index contributed by atoms with van der Waals surface area (Å²) in [5.74, 6) is -0.319. The molecule has 0 spiro atoms. The Bertz CT molecular complexity index is 1140. The molecule has 3 aromatic rings. The number of carbonyl (C=O) groups is 3. The monoisotopic (exact) mass is 435 g/mol. The van der Waals surface area contributed by atoms with Crippen molar-refractivity contribution in [2.45, 2.75) is 24.9 Å². The van der Waals surface area contributed by atoms with Gasteiger partial charge in [-0.05, 0) is 24.5 Å². The average Bonchev–Trinajstić information content (AvgIpc) is 3.44. The maximum absolute atomic E-state index is 13.0. The van der Waals surface area contributed by atoms with Crippen LogP contribution in [0, 0.1) is 0 Å². The molecule has 0 bridgehead atoms. The van der Waals surface area contributed by atoms with Crippen molar-refractivity contribution in [2.75, 3.05) is 18.5 Å². The molecule has 0 radical (unpaired) electrons. The lowest BCUT2D eigenvalue weighted by Crippen LogP contribution is -2.48. The number of amides is 4. The number of likely N-dealkylation sites (tertiary alicyclic amines) is 1. The van der Waals surface area contributed by atoms with Gasteiger partial charge in [0, 0.05) is 18.1 Å². The third kappa shape index (κ3) is 4.15. The van der Waals surface area contributed by atoms with E-state index in [9.17, 15) is 19.5 Å². The lowest BCUT2D eigenvalue weighted by atomic mass is 10.1. The molecule has 4 rings (SSSR count). The van der Waals surface area contributed by atoms with Crippen molar-refractivity contribution >= 4 is 34.6 Å². The first-order chi connectivity index (χ1) is 15.5. The smallest absolute Gasteiger partial charge is 0.323 e. The molecule has 0 unspecified atom stereocenters. The average molecular weight is 435 g/mol. The number of para-hydroxylation sites is 1. The van der Waals surface area contributed by atoms with Crippen LogP contribution in [0.5, 0.6) is 0 Å². The molecule has 32 heavy (non-hydrogen) atoms. The van der Waals surface area contributed by atoms with Gasteiger partial charge < -0.3 is 26.4 Å². The fraction of sp³-hybridized carbons (Fsp3) is 0.261. The van der Waals surface area contributed by atoms with Crippen molar-refractivity contribution in [1.82, 2.24) is 14.8 Å². The van der Waals surface area contributed by atoms with Gasteiger partial charge >= 0.3 is 12.1 Å². The second kappa shape index (κ2) is 9.11. The second-order valence-electron chi connectivity index (χ2n) is 7.70. The number of fused-ring (bicyclic) bond motifs is 1. The van der Waals surface area contributed by atoms with E-state index < -0.39 is 24.1 Å². The number of nitrogens with one attached hydrogen (secondary N) is 2. The summed E-state index contributed by atoms with van der Waals surface area (Å²) >= 11 is 0. The molecular formula is C23H25N5O4. The molecule has 166 valence electrons. The van der Waals surface area contributed by atoms with Crippen LogP contribution in [0.4, 0.5) is 15.3 Å². The number of nitrogens with two attached hydrogens (primary N) is 1. The predicted molar refractivity (Wildman–Crippen MR) is 120 cm³/mol. The van der Waals surface area contributed by atoms with E-state index in [1.807, 2.05) is 30.3 Å². The van der Waals surface area contributed by atoms with E-state index in [-0.39, 0.29) is 12.5 Å². The fourth-order valence-electron chi connectivity index (χ4n) is 4.12. The highest BCUT2D eigenvalue weighted by Gasteiger charge is 2.35. The molecule has 0 saturated carbocycles. The number of carbonyl (C=O) groups excluding carboxylic acids is 3. The van der Waals surface area contributed by atoms with Crippen molar-refractivity contribution in [1.29, 1.82) is 0 Å². The largest absolute Gasteiger partial charge is 0.394 e. The number of rotatable bonds is 5. The van der Waals surface area contributed by atoms with Gasteiger partial charge in [0.2, 0.25) is 5.91 Å². The molecule has 2 heterocycles. The van der Waals surface area contributed by atoms with Crippen molar-refractivity contribution in [3.8, 4) is 0 Å². The molecule has 1 aromatic heterocycles. The Labute approximate surface area is 184 Å². The molecule has 4 amide bonds. The zero-order valence-corrected chi connectivity index (χ0v) is 17.4. The predicted octanol–water partition coefficient (Wildman–Crippen LogP) is 2.41. The van der Waals surface area contributed by atoms with Gasteiger partial charge in [0.1, 0.15) is 6.04 Å². The van der Waals surface area contributed by atoms with Crippen LogP contribution in [0.2, 0.25) is 0 Å². The third-order valence-electron chi connectivity index (χ3n) is 5.71. The van der Waals surface area contributed by atoms with E-state index in [1.165, 1.54) is 15.7 Å². The minimum absolute atomic E-state index is 0.249. The van der Waals surface area contributed by atoms with Gasteiger partial charge in [-0.3, -0.25) is 9.36 Å². The Balaban J connectivity index is 1.50. The van der Waals surface area contributed by atoms with Gasteiger partial charge in [0.05, 0.1) is 23.9 Å². The number of primary amides is 1. The first-order valence-corrected chi connectivity index (χ1v) is 10.4. The zero-order chi connectivity index (χ0) is 22.7. The molecule has 9 nitrogen and oxygen atoms in total. The van der Waals surface area contributed by atoms with Crippen molar-refractivity contribution in [3.63, 3.8) is 0 Å². The van der Waals surface area contributed by atoms with E-state index >= 15 is 0 Å². The summed E-state index contributed by atoms with van der Waals surface area (Å²) in [5.41, 5.74) is 7.25. The quantitative estimate of drug-likeness (QED) is 0.490. The number of hydrogen-bond acceptors (Lipinski definition) is 4. The first kappa shape index (κ1) is 21.4. The highest BCUT2D eigenvalue weighted by atomic mass is 16.3. The minimum atomic E-state index is -0.656. The van der Waals surface area contributed by atoms with E-state index in [4.69, 9.17) is 5.73 Å². The Kier molecular flexibility index (Phi) is 6.09. The minimum Gasteiger partial charge on any atom is -0.394 e. The zero-order valence-electron chi connectivity index (χ0n) is 17.4. The van der Waals surface area contributed by atoms with Crippen LogP contribution in [0.25, 0.3) is 10.9 Å². The number of aliphatic hydroxyl groups excluding tert-OH is 1. The summed E-state index contributed by atoms with van der Waals surface area (Å²) in [4.78, 5) is 39.2. The molecule has 0 aliphatic carbocycles. The molecule has 1 saturated heterocycles. The van der Waals surface area contributed by atoms with E-state index in [0.717, 1.165) is 5.56 Å². The van der Waals surface area contributed by atoms with Crippen LogP contribution in [-0.4, -0.2) is 51.7 Å². The molecule has 1 fully saturated rings. The lowest BCUT2D eigenvalue weighted by molar-refractivity contribution is -0.125. The lowest BCUT2D eigenvalue weighted by Gasteiger charge is -2.26. The number of benzene rings is 2. The molecule has 1 aliphatic heterocycles. The number of anilines is 1. The number of aliphatic hydroxyl groups is 1. The van der Waals surface area contributed by atoms with E-state index in [0.29, 0.717) is 36.0 Å². The van der Waals surface area contributed by atoms with Crippen LogP contribution in [0.3, 0.4) is 0 Å². The highest BCUT2D eigenvalue weighted by Crippen LogP contribution is 2.27. The second-order valence-corrected chi connectivity index (χ2v) is 7.70. The Morgan fingerprint density at radius 1 is 1.09 bits per heavy atom. The van der Waals surface area contributed by atoms with Gasteiger partial charge in [0.25, 0.3) is 0 Å². The highest BCUT2D eigenvalue weighted by molar-refractivity contribution is 6.05. The van der Waals surface area contributed by atoms with Crippen LogP contribution >= 0.6 is 0 Å². The van der Waals surface area contributed by atoms with Crippen molar-refractivity contribution in [3.05, 3.63) is 66.4 Å². The summed E-state index contributed by atoms with van der Waals surface area (Å²) in [5, 5.41) is 16.1. The Morgan fingerprint density at radius 3 is 2.53 bits per heavy atom. The normalized spacial score (nSPS) is 16.7. The maximum Gasteiger partial charge on any atom is 0.323 e. The summed E-state index contributed by atoms with van der Waals surface area (Å²) in [6.45, 7) is 0.175. The molecule has 1 aliphatic rings. The molecule has 2 atom stereocenters. The summed E-state index contributed by atoms with van der Waals surface area (Å²) < 4.78 is 1.27. The van der Waals surface area contributed by atoms with Crippen LogP contribution in [0.1, 0.15) is 24.4 Å². The van der Waals surface area contributed by atoms with Gasteiger partial charge in [-0.1, -0.05) is 48.5 Å². The first-order valence-electron chi connectivity index (χ1n) is 10.4.